The lowest BCUT2D eigenvalue weighted by Crippen LogP contribution is -2.60. The minimum Gasteiger partial charge on any atom is -0.370 e. The molecule has 1 aliphatic heterocycles. The largest absolute Gasteiger partial charge is 0.370 e. The van der Waals surface area contributed by atoms with E-state index in [-0.39, 0.29) is 88.3 Å². The smallest absolute Gasteiger partial charge is 0.245 e. The maximum Gasteiger partial charge on any atom is 0.245 e. The molecular formula is C43H66N14O8S. The van der Waals surface area contributed by atoms with Crippen molar-refractivity contribution in [3.05, 3.63) is 58.3 Å². The van der Waals surface area contributed by atoms with Crippen molar-refractivity contribution in [2.75, 3.05) is 26.7 Å². The average Bonchev–Trinajstić information content (AvgIpc) is 3.97. The number of hydrogen-bond acceptors (Lipinski definition) is 11. The Morgan fingerprint density at radius 3 is 1.91 bits per heavy atom. The number of hydrogen-bond donors (Lipinski definition) is 10. The van der Waals surface area contributed by atoms with Gasteiger partial charge in [0.05, 0.1) is 12.8 Å². The zero-order valence-corrected chi connectivity index (χ0v) is 38.6. The molecule has 23 heteroatoms. The van der Waals surface area contributed by atoms with E-state index in [2.05, 4.69) is 31.3 Å². The Kier molecular flexibility index (Phi) is 21.8. The van der Waals surface area contributed by atoms with Gasteiger partial charge in [-0.15, -0.1) is 11.3 Å². The number of nitrogens with two attached hydrogens (primary N) is 6. The van der Waals surface area contributed by atoms with Crippen LogP contribution in [0.25, 0.3) is 0 Å². The summed E-state index contributed by atoms with van der Waals surface area (Å²) in [7, 11) is 1.56. The summed E-state index contributed by atoms with van der Waals surface area (Å²) in [5, 5.41) is 12.6. The predicted molar refractivity (Wildman–Crippen MR) is 249 cm³/mol. The van der Waals surface area contributed by atoms with Gasteiger partial charge in [0.1, 0.15) is 36.3 Å². The van der Waals surface area contributed by atoms with Crippen LogP contribution in [-0.4, -0.2) is 132 Å². The number of benzene rings is 1. The number of nitrogens with zero attached hydrogens (tertiary/aromatic N) is 4. The van der Waals surface area contributed by atoms with Gasteiger partial charge >= 0.3 is 0 Å². The quantitative estimate of drug-likeness (QED) is 0.0259. The number of likely N-dealkylation sites (N-methyl/N-ethyl adjacent to an activating group) is 1. The second kappa shape index (κ2) is 26.9. The molecule has 2 heterocycles. The number of thiophene rings is 1. The van der Waals surface area contributed by atoms with Crippen molar-refractivity contribution in [2.24, 2.45) is 50.3 Å². The van der Waals surface area contributed by atoms with Crippen LogP contribution >= 0.6 is 11.3 Å². The lowest BCUT2D eigenvalue weighted by molar-refractivity contribution is -0.143. The van der Waals surface area contributed by atoms with E-state index in [1.165, 1.54) is 21.1 Å². The van der Waals surface area contributed by atoms with Crippen molar-refractivity contribution < 1.29 is 38.4 Å². The molecule has 0 unspecified atom stereocenters. The van der Waals surface area contributed by atoms with Crippen LogP contribution in [0.1, 0.15) is 75.7 Å². The molecule has 0 aliphatic carbocycles. The predicted octanol–water partition coefficient (Wildman–Crippen LogP) is -2.20. The number of nitrogens with one attached hydrogen (secondary N) is 4. The van der Waals surface area contributed by atoms with Crippen molar-refractivity contribution in [1.29, 1.82) is 0 Å². The minimum atomic E-state index is -1.46. The number of carbonyl (C=O) groups excluding carboxylic acids is 8. The molecule has 362 valence electrons. The Bertz CT molecular complexity index is 2030. The van der Waals surface area contributed by atoms with Gasteiger partial charge in [-0.1, -0.05) is 50.2 Å². The molecule has 3 rings (SSSR count). The van der Waals surface area contributed by atoms with E-state index >= 15 is 0 Å². The number of likely N-dealkylation sites (tertiary alicyclic amines) is 1. The molecule has 6 atom stereocenters. The molecular weight excluding hydrogens is 873 g/mol. The third-order valence-electron chi connectivity index (χ3n) is 10.7. The lowest BCUT2D eigenvalue weighted by Gasteiger charge is -2.32. The third-order valence-corrected chi connectivity index (χ3v) is 11.6. The van der Waals surface area contributed by atoms with E-state index in [0.29, 0.717) is 18.4 Å². The summed E-state index contributed by atoms with van der Waals surface area (Å²) in [6.45, 7) is 4.16. The van der Waals surface area contributed by atoms with Crippen molar-refractivity contribution >= 4 is 70.5 Å². The van der Waals surface area contributed by atoms with E-state index in [1.54, 1.807) is 37.4 Å². The van der Waals surface area contributed by atoms with Gasteiger partial charge in [-0.05, 0) is 67.9 Å². The Morgan fingerprint density at radius 1 is 0.758 bits per heavy atom. The van der Waals surface area contributed by atoms with Crippen LogP contribution in [0.3, 0.4) is 0 Å². The van der Waals surface area contributed by atoms with Crippen molar-refractivity contribution in [3.63, 3.8) is 0 Å². The molecule has 22 nitrogen and oxygen atoms in total. The summed E-state index contributed by atoms with van der Waals surface area (Å²) >= 11 is 1.43. The van der Waals surface area contributed by atoms with Crippen LogP contribution in [0.4, 0.5) is 0 Å². The van der Waals surface area contributed by atoms with E-state index in [4.69, 9.17) is 34.4 Å². The van der Waals surface area contributed by atoms with E-state index in [1.807, 2.05) is 31.4 Å². The molecule has 0 bridgehead atoms. The van der Waals surface area contributed by atoms with Crippen LogP contribution in [-0.2, 0) is 51.2 Å². The van der Waals surface area contributed by atoms with Gasteiger partial charge in [0, 0.05) is 38.0 Å². The number of rotatable bonds is 27. The van der Waals surface area contributed by atoms with Gasteiger partial charge in [0.2, 0.25) is 47.3 Å². The second-order valence-corrected chi connectivity index (χ2v) is 17.5. The van der Waals surface area contributed by atoms with Gasteiger partial charge in [-0.2, -0.15) is 0 Å². The van der Waals surface area contributed by atoms with E-state index < -0.39 is 84.0 Å². The molecule has 0 spiro atoms. The normalized spacial score (nSPS) is 15.5. The molecule has 1 aromatic carbocycles. The van der Waals surface area contributed by atoms with Crippen molar-refractivity contribution in [2.45, 2.75) is 114 Å². The van der Waals surface area contributed by atoms with E-state index in [9.17, 15) is 38.4 Å². The Hall–Kier alpha value is -6.78. The zero-order valence-electron chi connectivity index (χ0n) is 37.8. The highest BCUT2D eigenvalue weighted by atomic mass is 32.1. The Balaban J connectivity index is 1.92. The SMILES string of the molecule is CC(C)C[C@@H](C(=O)N[C@@H](Cc1ccccc1)C(=O)N[C@@H](CCCN=C(N)N)C(=O)N1CCC[C@H]1C(=O)N[C@@H](CCCN=C(N)N)C(=O)N[C@@H](CC(N)=O)C(N)=O)N(C)C(=O)Cc1cccs1. The number of aliphatic imine (C=N–C) groups is 2. The number of amides is 8. The van der Waals surface area contributed by atoms with E-state index in [0.717, 1.165) is 4.88 Å². The van der Waals surface area contributed by atoms with Gasteiger partial charge < -0.3 is 65.5 Å². The lowest BCUT2D eigenvalue weighted by atomic mass is 9.99. The maximum atomic E-state index is 14.6. The monoisotopic (exact) mass is 938 g/mol. The summed E-state index contributed by atoms with van der Waals surface area (Å²) < 4.78 is 0. The fourth-order valence-electron chi connectivity index (χ4n) is 7.35. The van der Waals surface area contributed by atoms with Gasteiger partial charge in [0.25, 0.3) is 0 Å². The highest BCUT2D eigenvalue weighted by Crippen LogP contribution is 2.21. The summed E-state index contributed by atoms with van der Waals surface area (Å²) in [4.78, 5) is 119. The average molecular weight is 939 g/mol. The Morgan fingerprint density at radius 2 is 1.35 bits per heavy atom. The number of guanidine groups is 2. The highest BCUT2D eigenvalue weighted by Gasteiger charge is 2.40. The van der Waals surface area contributed by atoms with Crippen molar-refractivity contribution in [3.8, 4) is 0 Å². The molecule has 1 aliphatic rings. The van der Waals surface area contributed by atoms with Gasteiger partial charge in [0.15, 0.2) is 11.9 Å². The van der Waals surface area contributed by atoms with Gasteiger partial charge in [-0.25, -0.2) is 0 Å². The molecule has 16 N–H and O–H groups in total. The molecule has 8 amide bonds. The topological polar surface area (TPSA) is 372 Å². The summed E-state index contributed by atoms with van der Waals surface area (Å²) in [5.74, 6) is -5.98. The maximum absolute atomic E-state index is 14.6. The third kappa shape index (κ3) is 18.0. The molecule has 66 heavy (non-hydrogen) atoms. The second-order valence-electron chi connectivity index (χ2n) is 16.5. The van der Waals surface area contributed by atoms with Crippen LogP contribution in [0.2, 0.25) is 0 Å². The van der Waals surface area contributed by atoms with Crippen LogP contribution in [0.5, 0.6) is 0 Å². The zero-order chi connectivity index (χ0) is 48.9. The first kappa shape index (κ1) is 53.6. The first-order valence-corrected chi connectivity index (χ1v) is 22.7. The molecule has 1 fully saturated rings. The van der Waals surface area contributed by atoms with Crippen molar-refractivity contribution in [1.82, 2.24) is 31.1 Å². The molecule has 2 aromatic rings. The summed E-state index contributed by atoms with van der Waals surface area (Å²) in [6.07, 6.45) is 0.878. The Labute approximate surface area is 388 Å². The highest BCUT2D eigenvalue weighted by molar-refractivity contribution is 7.10. The summed E-state index contributed by atoms with van der Waals surface area (Å²) in [6, 6.07) is 5.42. The van der Waals surface area contributed by atoms with Crippen LogP contribution < -0.4 is 55.7 Å². The minimum absolute atomic E-state index is 0.000193. The fourth-order valence-corrected chi connectivity index (χ4v) is 8.04. The van der Waals surface area contributed by atoms with Crippen LogP contribution in [0, 0.1) is 5.92 Å². The molecule has 0 saturated carbocycles. The standard InChI is InChI=1S/C43H66N14O8S/c1-25(2)21-33(56(3)35(59)23-27-13-10-20-66-27)40(64)55-31(22-26-11-5-4-6-12-26)38(62)53-29(15-8-18-51-43(48)49)41(65)57-19-9-16-32(57)39(63)52-28(14-7-17-50-42(46)47)37(61)54-30(36(45)60)24-34(44)58/h4-6,10-13,20,25,28-33H,7-9,14-19,21-24H2,1-3H3,(H2,44,58)(H2,45,60)(H,52,63)(H,53,62)(H,54,61)(H,55,64)(H4,46,47,50)(H4,48,49,51)/t28-,29-,30-,31-,32-,33-/m0/s1. The summed E-state index contributed by atoms with van der Waals surface area (Å²) in [5.41, 5.74) is 33.3. The molecule has 1 saturated heterocycles. The number of carbonyl (C=O) groups is 8. The first-order valence-electron chi connectivity index (χ1n) is 21.8. The molecule has 1 aromatic heterocycles. The number of primary amides is 2. The molecule has 0 radical (unpaired) electrons. The van der Waals surface area contributed by atoms with Crippen LogP contribution in [0.15, 0.2) is 57.8 Å². The fraction of sp³-hybridized carbons (Fsp3) is 0.535. The first-order chi connectivity index (χ1) is 31.3. The van der Waals surface area contributed by atoms with Gasteiger partial charge in [-0.3, -0.25) is 48.3 Å².